The van der Waals surface area contributed by atoms with Crippen molar-refractivity contribution in [2.75, 3.05) is 5.73 Å². The number of nitrogens with two attached hydrogens (primary N) is 1. The van der Waals surface area contributed by atoms with Gasteiger partial charge in [0, 0.05) is 22.3 Å². The molecule has 0 atom stereocenters. The van der Waals surface area contributed by atoms with Gasteiger partial charge in [0.25, 0.3) is 0 Å². The minimum atomic E-state index is -7.21. The summed E-state index contributed by atoms with van der Waals surface area (Å²) < 4.78 is 190. The SMILES string of the molecule is Nc1c(C(F)(F)C(F)(F)C(F)(F)F)cc(C(F)(F)C(F)(F)C(F)(F)F)c2c1C(=O)c1ccccc1C2=O. The van der Waals surface area contributed by atoms with Gasteiger partial charge in [0.15, 0.2) is 11.6 Å². The van der Waals surface area contributed by atoms with Crippen LogP contribution in [0.15, 0.2) is 30.3 Å². The molecule has 0 spiro atoms. The van der Waals surface area contributed by atoms with Gasteiger partial charge >= 0.3 is 36.0 Å². The number of nitrogen functional groups attached to an aromatic ring is 1. The summed E-state index contributed by atoms with van der Waals surface area (Å²) >= 11 is 0. The highest BCUT2D eigenvalue weighted by atomic mass is 19.4. The van der Waals surface area contributed by atoms with Gasteiger partial charge in [-0.1, -0.05) is 24.3 Å². The first-order chi connectivity index (χ1) is 16.4. The molecule has 0 aromatic heterocycles. The van der Waals surface area contributed by atoms with Gasteiger partial charge in [0.1, 0.15) is 0 Å². The second-order valence-electron chi connectivity index (χ2n) is 7.63. The lowest BCUT2D eigenvalue weighted by atomic mass is 9.76. The molecule has 1 aliphatic rings. The second kappa shape index (κ2) is 7.80. The van der Waals surface area contributed by atoms with Crippen LogP contribution < -0.4 is 5.73 Å². The molecule has 2 aromatic carbocycles. The molecule has 0 fully saturated rings. The lowest BCUT2D eigenvalue weighted by molar-refractivity contribution is -0.361. The summed E-state index contributed by atoms with van der Waals surface area (Å²) in [7, 11) is 0. The minimum absolute atomic E-state index is 0.693. The number of rotatable bonds is 4. The molecule has 3 rings (SSSR count). The fourth-order valence-corrected chi connectivity index (χ4v) is 3.52. The van der Waals surface area contributed by atoms with Crippen LogP contribution in [-0.4, -0.2) is 35.8 Å². The van der Waals surface area contributed by atoms with Crippen LogP contribution >= 0.6 is 0 Å². The summed E-state index contributed by atoms with van der Waals surface area (Å²) in [4.78, 5) is 25.6. The number of fused-ring (bicyclic) bond motifs is 2. The van der Waals surface area contributed by atoms with Crippen molar-refractivity contribution in [2.45, 2.75) is 36.0 Å². The second-order valence-corrected chi connectivity index (χ2v) is 7.63. The number of benzene rings is 2. The summed E-state index contributed by atoms with van der Waals surface area (Å²) in [6, 6.07) is 2.07. The third-order valence-electron chi connectivity index (χ3n) is 5.42. The molecule has 202 valence electrons. The van der Waals surface area contributed by atoms with Crippen LogP contribution in [0.3, 0.4) is 0 Å². The monoisotopic (exact) mass is 559 g/mol. The molecule has 0 aliphatic heterocycles. The molecule has 0 saturated carbocycles. The molecular weight excluding hydrogens is 552 g/mol. The number of carbonyl (C=O) groups excluding carboxylic acids is 2. The Morgan fingerprint density at radius 3 is 1.27 bits per heavy atom. The van der Waals surface area contributed by atoms with Gasteiger partial charge in [-0.05, 0) is 6.07 Å². The molecule has 0 radical (unpaired) electrons. The Kier molecular flexibility index (Phi) is 5.94. The lowest BCUT2D eigenvalue weighted by Gasteiger charge is -2.34. The number of hydrogen-bond acceptors (Lipinski definition) is 3. The van der Waals surface area contributed by atoms with Crippen LogP contribution in [0.4, 0.5) is 67.2 Å². The van der Waals surface area contributed by atoms with E-state index in [-0.39, 0.29) is 0 Å². The largest absolute Gasteiger partial charge is 0.460 e. The highest BCUT2D eigenvalue weighted by Crippen LogP contribution is 2.58. The average molecular weight is 559 g/mol. The zero-order valence-corrected chi connectivity index (χ0v) is 17.1. The van der Waals surface area contributed by atoms with E-state index in [1.54, 1.807) is 0 Å². The molecule has 2 aromatic rings. The van der Waals surface area contributed by atoms with Crippen molar-refractivity contribution in [2.24, 2.45) is 0 Å². The Bertz CT molecular complexity index is 1310. The molecule has 0 bridgehead atoms. The van der Waals surface area contributed by atoms with Crippen LogP contribution in [-0.2, 0) is 11.8 Å². The van der Waals surface area contributed by atoms with Crippen molar-refractivity contribution in [3.63, 3.8) is 0 Å². The van der Waals surface area contributed by atoms with E-state index in [1.807, 2.05) is 0 Å². The Labute approximate surface area is 194 Å². The van der Waals surface area contributed by atoms with E-state index in [4.69, 9.17) is 5.73 Å². The van der Waals surface area contributed by atoms with Crippen LogP contribution in [0.25, 0.3) is 0 Å². The third kappa shape index (κ3) is 3.64. The topological polar surface area (TPSA) is 60.2 Å². The molecule has 0 unspecified atom stereocenters. The van der Waals surface area contributed by atoms with E-state index < -0.39 is 92.7 Å². The summed E-state index contributed by atoms with van der Waals surface area (Å²) in [5.41, 5.74) is -8.98. The number of anilines is 1. The van der Waals surface area contributed by atoms with Gasteiger partial charge < -0.3 is 5.73 Å². The summed E-state index contributed by atoms with van der Waals surface area (Å²) in [5.74, 6) is -31.7. The highest BCUT2D eigenvalue weighted by molar-refractivity contribution is 6.30. The highest BCUT2D eigenvalue weighted by Gasteiger charge is 2.76. The van der Waals surface area contributed by atoms with Crippen molar-refractivity contribution in [1.82, 2.24) is 0 Å². The van der Waals surface area contributed by atoms with E-state index in [2.05, 4.69) is 0 Å². The third-order valence-corrected chi connectivity index (χ3v) is 5.42. The summed E-state index contributed by atoms with van der Waals surface area (Å²) in [6.45, 7) is 0. The maximum atomic E-state index is 14.7. The van der Waals surface area contributed by atoms with Crippen molar-refractivity contribution in [1.29, 1.82) is 0 Å². The molecular formula is C20H7F14NO2. The molecule has 37 heavy (non-hydrogen) atoms. The van der Waals surface area contributed by atoms with Gasteiger partial charge in [-0.2, -0.15) is 61.5 Å². The Balaban J connectivity index is 2.55. The van der Waals surface area contributed by atoms with Gasteiger partial charge in [0.05, 0.1) is 16.8 Å². The minimum Gasteiger partial charge on any atom is -0.398 e. The predicted molar refractivity (Wildman–Crippen MR) is 94.0 cm³/mol. The summed E-state index contributed by atoms with van der Waals surface area (Å²) in [5, 5.41) is 0. The smallest absolute Gasteiger partial charge is 0.398 e. The first kappa shape index (κ1) is 28.2. The first-order valence-electron chi connectivity index (χ1n) is 9.25. The van der Waals surface area contributed by atoms with E-state index in [0.29, 0.717) is 6.07 Å². The normalized spacial score (nSPS) is 15.5. The quantitative estimate of drug-likeness (QED) is 0.289. The zero-order valence-electron chi connectivity index (χ0n) is 17.1. The van der Waals surface area contributed by atoms with Crippen LogP contribution in [0.1, 0.15) is 43.0 Å². The fourth-order valence-electron chi connectivity index (χ4n) is 3.52. The first-order valence-corrected chi connectivity index (χ1v) is 9.25. The number of carbonyl (C=O) groups is 2. The predicted octanol–water partition coefficient (Wildman–Crippen LogP) is 6.62. The summed E-state index contributed by atoms with van der Waals surface area (Å²) in [6.07, 6.45) is -14.3. The van der Waals surface area contributed by atoms with Crippen LogP contribution in [0, 0.1) is 0 Å². The van der Waals surface area contributed by atoms with E-state index >= 15 is 0 Å². The number of alkyl halides is 14. The Morgan fingerprint density at radius 2 is 0.892 bits per heavy atom. The Morgan fingerprint density at radius 1 is 0.541 bits per heavy atom. The fraction of sp³-hybridized carbons (Fsp3) is 0.300. The lowest BCUT2D eigenvalue weighted by Crippen LogP contribution is -2.52. The van der Waals surface area contributed by atoms with Gasteiger partial charge in [-0.25, -0.2) is 0 Å². The standard InChI is InChI=1S/C20H7F14NO2/c21-15(22,17(25,26)19(29,30)31)8-5-9(16(23,24)18(27,28)20(32,33)34)12(35)11-10(8)13(36)6-3-1-2-4-7(6)14(11)37/h1-5H,35H2. The van der Waals surface area contributed by atoms with Gasteiger partial charge in [0.2, 0.25) is 0 Å². The molecule has 0 amide bonds. The maximum Gasteiger partial charge on any atom is 0.460 e. The number of halogens is 14. The average Bonchev–Trinajstić information content (AvgIpc) is 2.75. The van der Waals surface area contributed by atoms with E-state index in [0.717, 1.165) is 18.2 Å². The van der Waals surface area contributed by atoms with E-state index in [9.17, 15) is 71.1 Å². The van der Waals surface area contributed by atoms with Crippen molar-refractivity contribution < 1.29 is 71.1 Å². The number of ketones is 2. The van der Waals surface area contributed by atoms with Gasteiger partial charge in [-0.15, -0.1) is 0 Å². The molecule has 17 heteroatoms. The molecule has 1 aliphatic carbocycles. The van der Waals surface area contributed by atoms with Crippen molar-refractivity contribution >= 4 is 17.3 Å². The van der Waals surface area contributed by atoms with Crippen LogP contribution in [0.5, 0.6) is 0 Å². The molecule has 0 saturated heterocycles. The van der Waals surface area contributed by atoms with Crippen molar-refractivity contribution in [3.8, 4) is 0 Å². The molecule has 3 nitrogen and oxygen atoms in total. The molecule has 2 N–H and O–H groups in total. The maximum absolute atomic E-state index is 14.7. The molecule has 0 heterocycles. The number of hydrogen-bond donors (Lipinski definition) is 1. The zero-order chi connectivity index (χ0) is 28.7. The Hall–Kier alpha value is -3.40. The van der Waals surface area contributed by atoms with Crippen LogP contribution in [0.2, 0.25) is 0 Å². The van der Waals surface area contributed by atoms with Crippen molar-refractivity contribution in [3.05, 3.63) is 63.7 Å². The van der Waals surface area contributed by atoms with E-state index in [1.165, 1.54) is 0 Å². The van der Waals surface area contributed by atoms with Gasteiger partial charge in [-0.3, -0.25) is 9.59 Å².